The van der Waals surface area contributed by atoms with E-state index >= 15 is 0 Å². The minimum atomic E-state index is -0.235. The van der Waals surface area contributed by atoms with Gasteiger partial charge >= 0.3 is 0 Å². The van der Waals surface area contributed by atoms with Crippen LogP contribution in [-0.4, -0.2) is 10.9 Å². The van der Waals surface area contributed by atoms with Crippen molar-refractivity contribution in [3.05, 3.63) is 52.2 Å². The molecule has 0 aliphatic heterocycles. The number of rotatable bonds is 3. The number of thiazole rings is 1. The molecule has 0 radical (unpaired) electrons. The molecule has 6 heteroatoms. The third-order valence-corrected chi connectivity index (χ3v) is 3.74. The number of hydrogen-bond donors (Lipinski definition) is 1. The van der Waals surface area contributed by atoms with Crippen molar-refractivity contribution >= 4 is 55.4 Å². The highest BCUT2D eigenvalue weighted by atomic mass is 79.9. The number of nitrogens with zero attached hydrogens (tertiary/aromatic N) is 1. The van der Waals surface area contributed by atoms with E-state index in [1.54, 1.807) is 17.7 Å². The summed E-state index contributed by atoms with van der Waals surface area (Å²) < 4.78 is 6.60. The predicted octanol–water partition coefficient (Wildman–Crippen LogP) is 4.30. The molecule has 0 aliphatic carbocycles. The number of benzene rings is 1. The zero-order valence-electron chi connectivity index (χ0n) is 10.2. The lowest BCUT2D eigenvalue weighted by Gasteiger charge is -1.93. The van der Waals surface area contributed by atoms with Gasteiger partial charge in [-0.25, -0.2) is 4.98 Å². The Hall–Kier alpha value is -1.92. The van der Waals surface area contributed by atoms with E-state index in [-0.39, 0.29) is 5.91 Å². The number of halogens is 1. The molecule has 0 saturated heterocycles. The average molecular weight is 349 g/mol. The Morgan fingerprint density at radius 2 is 2.30 bits per heavy atom. The van der Waals surface area contributed by atoms with E-state index in [1.807, 2.05) is 24.3 Å². The predicted molar refractivity (Wildman–Crippen MR) is 83.7 cm³/mol. The number of anilines is 1. The van der Waals surface area contributed by atoms with E-state index < -0.39 is 0 Å². The van der Waals surface area contributed by atoms with E-state index in [9.17, 15) is 4.79 Å². The summed E-state index contributed by atoms with van der Waals surface area (Å²) in [4.78, 5) is 15.7. The number of carbonyl (C=O) groups excluding carboxylic acids is 1. The number of carbonyl (C=O) groups is 1. The van der Waals surface area contributed by atoms with Gasteiger partial charge in [0.25, 0.3) is 0 Å². The lowest BCUT2D eigenvalue weighted by Crippen LogP contribution is -2.06. The van der Waals surface area contributed by atoms with Gasteiger partial charge < -0.3 is 4.42 Å². The summed E-state index contributed by atoms with van der Waals surface area (Å²) in [5.41, 5.74) is 0.785. The number of fused-ring (bicyclic) bond motifs is 1. The molecule has 1 N–H and O–H groups in total. The van der Waals surface area contributed by atoms with Crippen LogP contribution in [-0.2, 0) is 4.79 Å². The molecule has 3 rings (SSSR count). The molecule has 0 bridgehead atoms. The van der Waals surface area contributed by atoms with Gasteiger partial charge in [-0.3, -0.25) is 10.1 Å². The number of aromatic nitrogens is 1. The first kappa shape index (κ1) is 13.1. The Morgan fingerprint density at radius 3 is 3.10 bits per heavy atom. The molecule has 3 aromatic rings. The summed E-state index contributed by atoms with van der Waals surface area (Å²) in [6, 6.07) is 7.64. The number of furan rings is 1. The molecule has 2 heterocycles. The number of amides is 1. The Balaban J connectivity index is 1.75. The summed E-state index contributed by atoms with van der Waals surface area (Å²) in [5.74, 6) is 0.397. The van der Waals surface area contributed by atoms with Crippen molar-refractivity contribution in [1.29, 1.82) is 0 Å². The molecule has 0 unspecified atom stereocenters. The molecule has 0 spiro atoms. The zero-order chi connectivity index (χ0) is 13.9. The van der Waals surface area contributed by atoms with E-state index in [4.69, 9.17) is 4.42 Å². The normalized spacial score (nSPS) is 11.2. The Kier molecular flexibility index (Phi) is 3.66. The number of hydrogen-bond acceptors (Lipinski definition) is 4. The third-order valence-electron chi connectivity index (χ3n) is 2.56. The van der Waals surface area contributed by atoms with Crippen LogP contribution in [0, 0.1) is 0 Å². The maximum absolute atomic E-state index is 11.7. The molecule has 0 aliphatic rings. The lowest BCUT2D eigenvalue weighted by atomic mass is 10.2. The second kappa shape index (κ2) is 5.60. The van der Waals surface area contributed by atoms with E-state index in [1.165, 1.54) is 17.4 Å². The van der Waals surface area contributed by atoms with Crippen molar-refractivity contribution in [2.24, 2.45) is 0 Å². The Morgan fingerprint density at radius 1 is 1.40 bits per heavy atom. The first-order valence-corrected chi connectivity index (χ1v) is 7.46. The smallest absolute Gasteiger partial charge is 0.250 e. The van der Waals surface area contributed by atoms with Crippen LogP contribution in [0.5, 0.6) is 0 Å². The van der Waals surface area contributed by atoms with Crippen molar-refractivity contribution in [1.82, 2.24) is 4.98 Å². The Bertz CT molecular complexity index is 778. The van der Waals surface area contributed by atoms with Crippen molar-refractivity contribution in [3.63, 3.8) is 0 Å². The maximum atomic E-state index is 11.7. The van der Waals surface area contributed by atoms with Crippen molar-refractivity contribution in [2.75, 3.05) is 5.32 Å². The molecule has 1 aromatic carbocycles. The molecule has 2 aromatic heterocycles. The summed E-state index contributed by atoms with van der Waals surface area (Å²) in [6.45, 7) is 0. The standard InChI is InChI=1S/C14H9BrN2O2S/c15-10-1-3-12-9(7-10)8-11(19-12)2-4-13(18)17-14-16-5-6-20-14/h1-8H,(H,16,17,18)/b4-2+. The van der Waals surface area contributed by atoms with Crippen LogP contribution in [0.4, 0.5) is 5.13 Å². The second-order valence-electron chi connectivity index (χ2n) is 3.99. The second-order valence-corrected chi connectivity index (χ2v) is 5.80. The van der Waals surface area contributed by atoms with Gasteiger partial charge in [0.1, 0.15) is 11.3 Å². The van der Waals surface area contributed by atoms with Crippen LogP contribution in [0.25, 0.3) is 17.0 Å². The first-order chi connectivity index (χ1) is 9.70. The van der Waals surface area contributed by atoms with Crippen LogP contribution in [0.2, 0.25) is 0 Å². The van der Waals surface area contributed by atoms with E-state index in [2.05, 4.69) is 26.2 Å². The fourth-order valence-corrected chi connectivity index (χ4v) is 2.62. The topological polar surface area (TPSA) is 55.1 Å². The van der Waals surface area contributed by atoms with Crippen molar-refractivity contribution < 1.29 is 9.21 Å². The third kappa shape index (κ3) is 2.97. The van der Waals surface area contributed by atoms with Gasteiger partial charge in [0.05, 0.1) is 0 Å². The van der Waals surface area contributed by atoms with E-state index in [0.717, 1.165) is 15.4 Å². The Labute approximate surface area is 127 Å². The molecule has 1 amide bonds. The van der Waals surface area contributed by atoms with Gasteiger partial charge in [0, 0.05) is 27.5 Å². The van der Waals surface area contributed by atoms with Gasteiger partial charge in [0.15, 0.2) is 5.13 Å². The quantitative estimate of drug-likeness (QED) is 0.717. The highest BCUT2D eigenvalue weighted by Crippen LogP contribution is 2.24. The molecule has 100 valence electrons. The summed E-state index contributed by atoms with van der Waals surface area (Å²) in [6.07, 6.45) is 4.70. The SMILES string of the molecule is O=C(/C=C/c1cc2cc(Br)ccc2o1)Nc1nccs1. The van der Waals surface area contributed by atoms with E-state index in [0.29, 0.717) is 10.9 Å². The maximum Gasteiger partial charge on any atom is 0.250 e. The largest absolute Gasteiger partial charge is 0.457 e. The fourth-order valence-electron chi connectivity index (χ4n) is 1.71. The monoisotopic (exact) mass is 348 g/mol. The van der Waals surface area contributed by atoms with Gasteiger partial charge in [-0.05, 0) is 30.3 Å². The summed E-state index contributed by atoms with van der Waals surface area (Å²) >= 11 is 4.78. The molecule has 20 heavy (non-hydrogen) atoms. The zero-order valence-corrected chi connectivity index (χ0v) is 12.6. The van der Waals surface area contributed by atoms with Crippen LogP contribution in [0.15, 0.2) is 50.8 Å². The number of nitrogens with one attached hydrogen (secondary N) is 1. The highest BCUT2D eigenvalue weighted by Gasteiger charge is 2.03. The summed E-state index contributed by atoms with van der Waals surface area (Å²) in [5, 5.41) is 6.03. The average Bonchev–Trinajstić information content (AvgIpc) is 3.04. The molecule has 0 fully saturated rings. The van der Waals surface area contributed by atoms with Gasteiger partial charge in [-0.1, -0.05) is 15.9 Å². The van der Waals surface area contributed by atoms with Crippen LogP contribution >= 0.6 is 27.3 Å². The molecular weight excluding hydrogens is 340 g/mol. The van der Waals surface area contributed by atoms with Gasteiger partial charge in [-0.2, -0.15) is 0 Å². The minimum absolute atomic E-state index is 0.235. The van der Waals surface area contributed by atoms with Crippen molar-refractivity contribution in [2.45, 2.75) is 0 Å². The molecule has 0 atom stereocenters. The van der Waals surface area contributed by atoms with Crippen LogP contribution < -0.4 is 5.32 Å². The van der Waals surface area contributed by atoms with Gasteiger partial charge in [0.2, 0.25) is 5.91 Å². The first-order valence-electron chi connectivity index (χ1n) is 5.78. The molecule has 4 nitrogen and oxygen atoms in total. The lowest BCUT2D eigenvalue weighted by molar-refractivity contribution is -0.111. The summed E-state index contributed by atoms with van der Waals surface area (Å²) in [7, 11) is 0. The van der Waals surface area contributed by atoms with Crippen molar-refractivity contribution in [3.8, 4) is 0 Å². The highest BCUT2D eigenvalue weighted by molar-refractivity contribution is 9.10. The van der Waals surface area contributed by atoms with Gasteiger partial charge in [-0.15, -0.1) is 11.3 Å². The molecular formula is C14H9BrN2O2S. The minimum Gasteiger partial charge on any atom is -0.457 e. The fraction of sp³-hybridized carbons (Fsp3) is 0. The van der Waals surface area contributed by atoms with Crippen LogP contribution in [0.3, 0.4) is 0 Å². The molecule has 0 saturated carbocycles. The van der Waals surface area contributed by atoms with Crippen LogP contribution in [0.1, 0.15) is 5.76 Å².